The van der Waals surface area contributed by atoms with Crippen LogP contribution in [0.2, 0.25) is 0 Å². The number of aromatic amines is 2. The summed E-state index contributed by atoms with van der Waals surface area (Å²) in [6, 6.07) is 59.0. The number of carbonyl (C=O) groups is 6. The van der Waals surface area contributed by atoms with Gasteiger partial charge in [0.05, 0.1) is 80.1 Å². The molecular formula is C87H98N4O22S4. The molecule has 0 saturated carbocycles. The lowest BCUT2D eigenvalue weighted by Gasteiger charge is -2.25. The molecule has 0 aliphatic heterocycles. The Hall–Kier alpha value is -11.8. The van der Waals surface area contributed by atoms with Crippen LogP contribution >= 0.6 is 0 Å². The Kier molecular flexibility index (Phi) is 37.2. The highest BCUT2D eigenvalue weighted by atomic mass is 32.2. The van der Waals surface area contributed by atoms with Crippen molar-refractivity contribution in [2.45, 2.75) is 104 Å². The molecule has 26 nitrogen and oxygen atoms in total. The summed E-state index contributed by atoms with van der Waals surface area (Å²) in [7, 11) is -10.0. The van der Waals surface area contributed by atoms with E-state index in [1.807, 2.05) is 73.6 Å². The maximum atomic E-state index is 14.0. The molecule has 0 unspecified atom stereocenters. The molecule has 0 fully saturated rings. The monoisotopic (exact) mass is 1680 g/mol. The fourth-order valence-electron chi connectivity index (χ4n) is 11.8. The number of methoxy groups -OCH3 is 2. The maximum Gasteiger partial charge on any atom is 0.344 e. The third-order valence-electron chi connectivity index (χ3n) is 16.7. The number of ether oxygens (including phenoxy) is 4. The Morgan fingerprint density at radius 1 is 0.393 bits per heavy atom. The maximum absolute atomic E-state index is 14.0. The highest BCUT2D eigenvalue weighted by molar-refractivity contribution is 7.91. The van der Waals surface area contributed by atoms with Gasteiger partial charge in [-0.05, 0) is 83.6 Å². The average Bonchev–Trinajstić information content (AvgIpc) is 0.710. The molecule has 9 aromatic carbocycles. The van der Waals surface area contributed by atoms with Crippen molar-refractivity contribution < 1.29 is 89.8 Å². The second-order valence-electron chi connectivity index (χ2n) is 24.2. The molecule has 117 heavy (non-hydrogen) atoms. The number of esters is 4. The number of sulfone groups is 2. The summed E-state index contributed by atoms with van der Waals surface area (Å²) in [6.45, 7) is 17.5. The molecule has 4 N–H and O–H groups in total. The summed E-state index contributed by atoms with van der Waals surface area (Å²) in [6.07, 6.45) is 3.30. The minimum Gasteiger partial charge on any atom is -0.469 e. The van der Waals surface area contributed by atoms with Gasteiger partial charge in [0.1, 0.15) is 47.2 Å². The number of benzene rings is 9. The van der Waals surface area contributed by atoms with Crippen molar-refractivity contribution in [2.24, 2.45) is 0 Å². The summed E-state index contributed by atoms with van der Waals surface area (Å²) < 4.78 is 123. The van der Waals surface area contributed by atoms with Crippen LogP contribution in [0.25, 0.3) is 54.8 Å². The van der Waals surface area contributed by atoms with Gasteiger partial charge in [-0.1, -0.05) is 219 Å². The number of ketones is 2. The van der Waals surface area contributed by atoms with Gasteiger partial charge in [0.25, 0.3) is 31.4 Å². The van der Waals surface area contributed by atoms with Crippen LogP contribution < -0.4 is 21.8 Å². The van der Waals surface area contributed by atoms with E-state index in [0.29, 0.717) is 40.9 Å². The lowest BCUT2D eigenvalue weighted by atomic mass is 9.81. The number of fused-ring (bicyclic) bond motifs is 5. The fraction of sp³-hybridized carbons (Fsp3) is 0.264. The first-order valence-corrected chi connectivity index (χ1v) is 44.3. The second kappa shape index (κ2) is 45.5. The van der Waals surface area contributed by atoms with Crippen LogP contribution in [-0.2, 0) is 83.4 Å². The molecule has 2 aromatic heterocycles. The van der Waals surface area contributed by atoms with Gasteiger partial charge in [-0.3, -0.25) is 37.1 Å². The second-order valence-corrected chi connectivity index (χ2v) is 32.1. The predicted molar refractivity (Wildman–Crippen MR) is 457 cm³/mol. The normalized spacial score (nSPS) is 11.2. The van der Waals surface area contributed by atoms with E-state index in [2.05, 4.69) is 78.6 Å². The Morgan fingerprint density at radius 3 is 1.02 bits per heavy atom. The molecule has 0 bridgehead atoms. The van der Waals surface area contributed by atoms with Crippen molar-refractivity contribution in [3.05, 3.63) is 260 Å². The molecule has 2 aliphatic rings. The number of aromatic nitrogens is 2. The Bertz CT molecular complexity index is 5800. The minimum atomic E-state index is -4.39. The zero-order chi connectivity index (χ0) is 87.0. The van der Waals surface area contributed by atoms with E-state index >= 15 is 0 Å². The van der Waals surface area contributed by atoms with Crippen molar-refractivity contribution in [2.75, 3.05) is 69.7 Å². The largest absolute Gasteiger partial charge is 0.469 e. The molecule has 11 aromatic rings. The zero-order valence-corrected chi connectivity index (χ0v) is 71.1. The van der Waals surface area contributed by atoms with E-state index in [1.165, 1.54) is 37.1 Å². The van der Waals surface area contributed by atoms with E-state index in [-0.39, 0.29) is 137 Å². The molecule has 0 saturated heterocycles. The molecule has 13 rings (SSSR count). The van der Waals surface area contributed by atoms with Gasteiger partial charge < -0.3 is 39.5 Å². The van der Waals surface area contributed by atoms with Crippen molar-refractivity contribution >= 4 is 131 Å². The predicted octanol–water partition coefficient (Wildman–Crippen LogP) is 16.1. The molecule has 622 valence electrons. The van der Waals surface area contributed by atoms with Crippen molar-refractivity contribution in [1.29, 1.82) is 0 Å². The minimum absolute atomic E-state index is 0.0160. The number of pyridine rings is 2. The molecule has 30 heteroatoms. The van der Waals surface area contributed by atoms with Crippen molar-refractivity contribution in [3.8, 4) is 22.3 Å². The lowest BCUT2D eigenvalue weighted by molar-refractivity contribution is -0.141. The summed E-state index contributed by atoms with van der Waals surface area (Å²) in [5.74, 6) is -3.26. The standard InChI is InChI=1S/C31H22N2O7S.C26H20N2O7S.C10H8.2C6H12O4S.4C2H6/c1-39-41(37,38)23-16-22(32-19-12-6-3-7-13-19)25-26-24(20-14-8-9-15-21(20)29(25)34)27(30(35)33-28(23)26)31(36)40-17-18-10-4-2-5-11-18;1-3-35-26(31)22-19-15-11-7-8-12-16(15)24(29)20-17(27-14-9-5-4-6-10-14)13-18(36(32,33)34-2)23(21(19)20)28-25(22)30;1-2-6-10-8-4-3-7-9(10)5-1;2*1-10-6(7)4-3-5-11(2,8)9;4*1-2/h2-16,32H,17H2,1H3,(H,33,35);4-13,27H,3H2,1-2H3,(H,28,30);1-8H;2*3-5H2,1-2H3;4*1-2H3. The van der Waals surface area contributed by atoms with Crippen molar-refractivity contribution in [1.82, 2.24) is 9.97 Å². The Morgan fingerprint density at radius 2 is 0.701 bits per heavy atom. The molecule has 0 amide bonds. The fourth-order valence-corrected chi connectivity index (χ4v) is 14.8. The van der Waals surface area contributed by atoms with Crippen LogP contribution in [0.3, 0.4) is 0 Å². The first-order chi connectivity index (χ1) is 56.0. The summed E-state index contributed by atoms with van der Waals surface area (Å²) >= 11 is 0. The van der Waals surface area contributed by atoms with Gasteiger partial charge in [-0.15, -0.1) is 0 Å². The van der Waals surface area contributed by atoms with Gasteiger partial charge in [-0.25, -0.2) is 26.4 Å². The molecule has 2 heterocycles. The van der Waals surface area contributed by atoms with Crippen LogP contribution in [0, 0.1) is 0 Å². The number of anilines is 4. The van der Waals surface area contributed by atoms with Gasteiger partial charge in [0.2, 0.25) is 0 Å². The third-order valence-corrected chi connectivity index (χ3v) is 21.4. The molecule has 0 radical (unpaired) electrons. The van der Waals surface area contributed by atoms with E-state index < -0.39 is 74.5 Å². The zero-order valence-electron chi connectivity index (χ0n) is 67.8. The number of hydrogen-bond donors (Lipinski definition) is 4. The van der Waals surface area contributed by atoms with Crippen LogP contribution in [0.15, 0.2) is 220 Å². The van der Waals surface area contributed by atoms with Crippen LogP contribution in [0.5, 0.6) is 0 Å². The number of rotatable bonds is 21. The number of H-pyrrole nitrogens is 2. The Balaban J connectivity index is 0.000000287. The van der Waals surface area contributed by atoms with E-state index in [9.17, 15) is 72.0 Å². The summed E-state index contributed by atoms with van der Waals surface area (Å²) in [5, 5.41) is 9.07. The highest BCUT2D eigenvalue weighted by Gasteiger charge is 2.39. The lowest BCUT2D eigenvalue weighted by Crippen LogP contribution is -2.26. The molecule has 0 spiro atoms. The van der Waals surface area contributed by atoms with Gasteiger partial charge in [0, 0.05) is 69.8 Å². The van der Waals surface area contributed by atoms with E-state index in [1.54, 1.807) is 128 Å². The van der Waals surface area contributed by atoms with Crippen LogP contribution in [-0.4, -0.2) is 138 Å². The molecule has 2 aliphatic carbocycles. The molecular weight excluding hydrogens is 1580 g/mol. The molecule has 0 atom stereocenters. The van der Waals surface area contributed by atoms with Gasteiger partial charge in [-0.2, -0.15) is 16.8 Å². The average molecular weight is 1680 g/mol. The van der Waals surface area contributed by atoms with E-state index in [0.717, 1.165) is 26.7 Å². The van der Waals surface area contributed by atoms with Crippen molar-refractivity contribution in [3.63, 3.8) is 0 Å². The number of carbonyl (C=O) groups excluding carboxylic acids is 6. The SMILES string of the molecule is CC.CC.CC.CC.CCOC(=O)c1c2c3c(c(Nc4ccccc4)cc(S(=O)(=O)OC)c3[nH]c1=O)C(=O)c1ccccc1-2.COC(=O)CCCS(C)(=O)=O.COC(=O)CCCS(C)(=O)=O.COS(=O)(=O)c1cc(Nc2ccccc2)c2c3c(c(C(=O)OCc4ccccc4)c(=O)[nH]c13)-c1ccccc1C2=O.c1ccc2ccccc2c1. The number of para-hydroxylation sites is 2. The highest BCUT2D eigenvalue weighted by Crippen LogP contribution is 2.48. The van der Waals surface area contributed by atoms with E-state index in [4.69, 9.17) is 17.8 Å². The van der Waals surface area contributed by atoms with Crippen LogP contribution in [0.4, 0.5) is 22.7 Å². The number of hydrogen-bond acceptors (Lipinski definition) is 24. The van der Waals surface area contributed by atoms with Gasteiger partial charge in [0.15, 0.2) is 11.6 Å². The first-order valence-electron chi connectivity index (χ1n) is 37.3. The summed E-state index contributed by atoms with van der Waals surface area (Å²) in [4.78, 5) is 106. The van der Waals surface area contributed by atoms with Gasteiger partial charge >= 0.3 is 23.9 Å². The first kappa shape index (κ1) is 95.8. The van der Waals surface area contributed by atoms with Crippen LogP contribution in [0.1, 0.15) is 146 Å². The summed E-state index contributed by atoms with van der Waals surface area (Å²) in [5.41, 5.74) is 1.17. The topological polar surface area (TPSA) is 384 Å². The smallest absolute Gasteiger partial charge is 0.344 e. The quantitative estimate of drug-likeness (QED) is 0.0295. The Labute approximate surface area is 682 Å². The number of nitrogens with one attached hydrogen (secondary N) is 4. The third kappa shape index (κ3) is 25.1.